The third kappa shape index (κ3) is 2.81. The Bertz CT molecular complexity index is 616. The summed E-state index contributed by atoms with van der Waals surface area (Å²) in [5.41, 5.74) is -0.221. The van der Waals surface area contributed by atoms with E-state index >= 15 is 0 Å². The van der Waals surface area contributed by atoms with Crippen molar-refractivity contribution in [3.8, 4) is 0 Å². The van der Waals surface area contributed by atoms with E-state index in [1.54, 1.807) is 0 Å². The van der Waals surface area contributed by atoms with Crippen molar-refractivity contribution in [3.05, 3.63) is 17.2 Å². The molecule has 0 radical (unpaired) electrons. The molecule has 1 aliphatic heterocycles. The second kappa shape index (κ2) is 6.62. The van der Waals surface area contributed by atoms with E-state index in [2.05, 4.69) is 15.6 Å². The molecule has 23 heavy (non-hydrogen) atoms. The van der Waals surface area contributed by atoms with E-state index in [1.165, 1.54) is 25.6 Å². The minimum atomic E-state index is -1.39. The van der Waals surface area contributed by atoms with Gasteiger partial charge in [-0.15, -0.1) is 0 Å². The Balaban J connectivity index is 2.56. The molecule has 128 valence electrons. The third-order valence-electron chi connectivity index (χ3n) is 3.74. The van der Waals surface area contributed by atoms with E-state index in [9.17, 15) is 24.9 Å². The monoisotopic (exact) mass is 328 g/mol. The summed E-state index contributed by atoms with van der Waals surface area (Å²) >= 11 is 0. The molecule has 5 N–H and O–H groups in total. The molecule has 2 heterocycles. The lowest BCUT2D eigenvalue weighted by Crippen LogP contribution is -2.34. The predicted octanol–water partition coefficient (Wildman–Crippen LogP) is -2.48. The molecule has 1 aliphatic rings. The van der Waals surface area contributed by atoms with Crippen LogP contribution in [0.1, 0.15) is 33.0 Å². The van der Waals surface area contributed by atoms with Gasteiger partial charge in [-0.25, -0.2) is 4.98 Å². The number of carbonyl (C=O) groups is 2. The van der Waals surface area contributed by atoms with Gasteiger partial charge >= 0.3 is 0 Å². The van der Waals surface area contributed by atoms with E-state index in [0.29, 0.717) is 0 Å². The number of hydrogen-bond acceptors (Lipinski definition) is 7. The number of nitrogens with zero attached hydrogens (tertiary/aromatic N) is 2. The second-order valence-electron chi connectivity index (χ2n) is 5.11. The van der Waals surface area contributed by atoms with Gasteiger partial charge in [0, 0.05) is 14.1 Å². The fraction of sp³-hybridized carbons (Fsp3) is 0.615. The minimum Gasteiger partial charge on any atom is -0.394 e. The van der Waals surface area contributed by atoms with Crippen molar-refractivity contribution in [2.45, 2.75) is 31.5 Å². The third-order valence-corrected chi connectivity index (χ3v) is 3.74. The average Bonchev–Trinajstić information content (AvgIpc) is 3.03. The molecule has 0 spiro atoms. The Hall–Kier alpha value is -2.01. The first kappa shape index (κ1) is 17.3. The van der Waals surface area contributed by atoms with Gasteiger partial charge in [-0.05, 0) is 6.92 Å². The maximum absolute atomic E-state index is 12.2. The highest BCUT2D eigenvalue weighted by molar-refractivity contribution is 6.05. The maximum Gasteiger partial charge on any atom is 0.272 e. The molecule has 0 aromatic carbocycles. The summed E-state index contributed by atoms with van der Waals surface area (Å²) in [6, 6.07) is 0. The van der Waals surface area contributed by atoms with Crippen molar-refractivity contribution >= 4 is 11.8 Å². The van der Waals surface area contributed by atoms with Crippen molar-refractivity contribution < 1.29 is 29.6 Å². The number of rotatable bonds is 4. The summed E-state index contributed by atoms with van der Waals surface area (Å²) in [6.45, 7) is 1.04. The normalized spacial score (nSPS) is 27.0. The highest BCUT2D eigenvalue weighted by Gasteiger charge is 2.45. The summed E-state index contributed by atoms with van der Waals surface area (Å²) in [6.07, 6.45) is -4.87. The summed E-state index contributed by atoms with van der Waals surface area (Å²) in [4.78, 5) is 28.2. The molecule has 1 saturated heterocycles. The largest absolute Gasteiger partial charge is 0.394 e. The van der Waals surface area contributed by atoms with E-state index in [0.717, 1.165) is 0 Å². The zero-order chi connectivity index (χ0) is 17.3. The molecular formula is C13H20N4O6. The number of nitrogens with one attached hydrogen (secondary N) is 2. The highest BCUT2D eigenvalue weighted by atomic mass is 16.6. The van der Waals surface area contributed by atoms with Gasteiger partial charge < -0.3 is 30.7 Å². The van der Waals surface area contributed by atoms with Gasteiger partial charge in [0.2, 0.25) is 0 Å². The molecule has 0 unspecified atom stereocenters. The molecular weight excluding hydrogens is 308 g/mol. The molecule has 1 aromatic rings. The first-order chi connectivity index (χ1) is 10.9. The van der Waals surface area contributed by atoms with E-state index in [4.69, 9.17) is 4.74 Å². The molecule has 0 aliphatic carbocycles. The van der Waals surface area contributed by atoms with Gasteiger partial charge in [-0.1, -0.05) is 0 Å². The van der Waals surface area contributed by atoms with Crippen molar-refractivity contribution in [2.24, 2.45) is 0 Å². The SMILES string of the molecule is CNC(=O)c1nc(C)n([C@@H]2O[C@H](CO)[C@@H](O)[C@H]2O)c1C(=O)NC. The van der Waals surface area contributed by atoms with Crippen LogP contribution in [-0.2, 0) is 4.74 Å². The van der Waals surface area contributed by atoms with Crippen LogP contribution in [0.2, 0.25) is 0 Å². The molecule has 4 atom stereocenters. The van der Waals surface area contributed by atoms with Crippen LogP contribution in [0.25, 0.3) is 0 Å². The lowest BCUT2D eigenvalue weighted by molar-refractivity contribution is -0.0543. The fourth-order valence-electron chi connectivity index (χ4n) is 2.56. The quantitative estimate of drug-likeness (QED) is 0.411. The lowest BCUT2D eigenvalue weighted by Gasteiger charge is -2.20. The fourth-order valence-corrected chi connectivity index (χ4v) is 2.56. The highest BCUT2D eigenvalue weighted by Crippen LogP contribution is 2.32. The zero-order valence-electron chi connectivity index (χ0n) is 13.0. The van der Waals surface area contributed by atoms with Gasteiger partial charge in [0.1, 0.15) is 29.8 Å². The number of aliphatic hydroxyl groups is 3. The van der Waals surface area contributed by atoms with Gasteiger partial charge in [-0.3, -0.25) is 14.2 Å². The Morgan fingerprint density at radius 2 is 1.83 bits per heavy atom. The molecule has 10 nitrogen and oxygen atoms in total. The van der Waals surface area contributed by atoms with Crippen LogP contribution in [0.4, 0.5) is 0 Å². The Labute approximate surface area is 132 Å². The van der Waals surface area contributed by atoms with Gasteiger partial charge in [0.25, 0.3) is 11.8 Å². The van der Waals surface area contributed by atoms with Crippen LogP contribution < -0.4 is 10.6 Å². The van der Waals surface area contributed by atoms with Gasteiger partial charge in [0.15, 0.2) is 11.9 Å². The van der Waals surface area contributed by atoms with Crippen LogP contribution in [-0.4, -0.2) is 75.7 Å². The average molecular weight is 328 g/mol. The first-order valence-corrected chi connectivity index (χ1v) is 7.02. The summed E-state index contributed by atoms with van der Waals surface area (Å²) in [5.74, 6) is -0.920. The number of aryl methyl sites for hydroxylation is 1. The van der Waals surface area contributed by atoms with Crippen molar-refractivity contribution in [1.82, 2.24) is 20.2 Å². The summed E-state index contributed by atoms with van der Waals surface area (Å²) in [5, 5.41) is 34.0. The van der Waals surface area contributed by atoms with Gasteiger partial charge in [-0.2, -0.15) is 0 Å². The number of amides is 2. The first-order valence-electron chi connectivity index (χ1n) is 7.02. The number of carbonyl (C=O) groups excluding carboxylic acids is 2. The molecule has 2 rings (SSSR count). The number of imidazole rings is 1. The molecule has 0 bridgehead atoms. The van der Waals surface area contributed by atoms with Crippen LogP contribution in [0.15, 0.2) is 0 Å². The number of aromatic nitrogens is 2. The maximum atomic E-state index is 12.2. The van der Waals surface area contributed by atoms with E-state index in [1.807, 2.05) is 0 Å². The zero-order valence-corrected chi connectivity index (χ0v) is 13.0. The molecule has 0 saturated carbocycles. The van der Waals surface area contributed by atoms with E-state index < -0.39 is 43.0 Å². The molecule has 1 fully saturated rings. The number of aliphatic hydroxyl groups excluding tert-OH is 3. The van der Waals surface area contributed by atoms with Crippen molar-refractivity contribution in [1.29, 1.82) is 0 Å². The van der Waals surface area contributed by atoms with Crippen LogP contribution >= 0.6 is 0 Å². The standard InChI is InChI=1S/C13H20N4O6/c1-5-16-7(11(21)14-2)8(12(22)15-3)17(5)13-10(20)9(19)6(4-18)23-13/h6,9-10,13,18-20H,4H2,1-3H3,(H,14,21)(H,15,22)/t6-,9-,10-,13-/m1/s1. The van der Waals surface area contributed by atoms with Crippen molar-refractivity contribution in [2.75, 3.05) is 20.7 Å². The lowest BCUT2D eigenvalue weighted by atomic mass is 10.1. The van der Waals surface area contributed by atoms with Crippen LogP contribution in [0.5, 0.6) is 0 Å². The van der Waals surface area contributed by atoms with Crippen LogP contribution in [0.3, 0.4) is 0 Å². The molecule has 10 heteroatoms. The Kier molecular flexibility index (Phi) is 5.00. The second-order valence-corrected chi connectivity index (χ2v) is 5.11. The van der Waals surface area contributed by atoms with E-state index in [-0.39, 0.29) is 17.2 Å². The van der Waals surface area contributed by atoms with Gasteiger partial charge in [0.05, 0.1) is 6.61 Å². The minimum absolute atomic E-state index is 0.0980. The number of hydrogen-bond donors (Lipinski definition) is 5. The van der Waals surface area contributed by atoms with Crippen LogP contribution in [0, 0.1) is 6.92 Å². The Morgan fingerprint density at radius 3 is 2.30 bits per heavy atom. The topological polar surface area (TPSA) is 146 Å². The van der Waals surface area contributed by atoms with Crippen molar-refractivity contribution in [3.63, 3.8) is 0 Å². The Morgan fingerprint density at radius 1 is 1.22 bits per heavy atom. The molecule has 1 aromatic heterocycles. The summed E-state index contributed by atoms with van der Waals surface area (Å²) in [7, 11) is 2.79. The summed E-state index contributed by atoms with van der Waals surface area (Å²) < 4.78 is 6.67. The smallest absolute Gasteiger partial charge is 0.272 e. The number of ether oxygens (including phenoxy) is 1. The molecule has 2 amide bonds. The predicted molar refractivity (Wildman–Crippen MR) is 76.8 cm³/mol.